The second-order valence-corrected chi connectivity index (χ2v) is 11.2. The Hall–Kier alpha value is -3.06. The van der Waals surface area contributed by atoms with Gasteiger partial charge in [-0.3, -0.25) is 4.79 Å². The van der Waals surface area contributed by atoms with E-state index >= 15 is 0 Å². The van der Waals surface area contributed by atoms with Crippen molar-refractivity contribution in [3.8, 4) is 28.4 Å². The van der Waals surface area contributed by atoms with Crippen LogP contribution < -0.4 is 9.47 Å². The van der Waals surface area contributed by atoms with Gasteiger partial charge in [-0.2, -0.15) is 0 Å². The molecule has 39 heavy (non-hydrogen) atoms. The van der Waals surface area contributed by atoms with Crippen LogP contribution in [0.1, 0.15) is 46.3 Å². The molecule has 0 radical (unpaired) electrons. The third kappa shape index (κ3) is 6.08. The Kier molecular flexibility index (Phi) is 8.46. The van der Waals surface area contributed by atoms with Gasteiger partial charge < -0.3 is 24.2 Å². The fourth-order valence-corrected chi connectivity index (χ4v) is 5.94. The Labute approximate surface area is 235 Å². The number of likely N-dealkylation sites (tertiary alicyclic amines) is 1. The summed E-state index contributed by atoms with van der Waals surface area (Å²) in [6.07, 6.45) is 4.12. The normalized spacial score (nSPS) is 16.6. The number of rotatable bonds is 10. The molecule has 5 rings (SSSR count). The Morgan fingerprint density at radius 3 is 2.56 bits per heavy atom. The van der Waals surface area contributed by atoms with Crippen molar-refractivity contribution in [2.75, 3.05) is 39.5 Å². The van der Waals surface area contributed by atoms with Gasteiger partial charge in [0, 0.05) is 24.6 Å². The third-order valence-electron chi connectivity index (χ3n) is 8.04. The molecule has 0 saturated carbocycles. The molecule has 1 spiro atoms. The van der Waals surface area contributed by atoms with E-state index in [0.717, 1.165) is 66.3 Å². The van der Waals surface area contributed by atoms with E-state index in [1.807, 2.05) is 24.3 Å². The second-order valence-electron chi connectivity index (χ2n) is 10.8. The number of carbonyl (C=O) groups is 1. The molecule has 2 aliphatic heterocycles. The van der Waals surface area contributed by atoms with E-state index in [1.165, 1.54) is 31.5 Å². The van der Waals surface area contributed by atoms with E-state index in [4.69, 9.17) is 25.8 Å². The van der Waals surface area contributed by atoms with Crippen LogP contribution in [0.25, 0.3) is 11.1 Å². The molecule has 0 atom stereocenters. The van der Waals surface area contributed by atoms with Crippen molar-refractivity contribution in [1.29, 1.82) is 0 Å². The molecule has 2 fully saturated rings. The molecule has 2 heterocycles. The minimum absolute atomic E-state index is 0.131. The molecule has 6 nitrogen and oxygen atoms in total. The van der Waals surface area contributed by atoms with Gasteiger partial charge in [0.1, 0.15) is 23.9 Å². The maximum atomic E-state index is 11.0. The molecular weight excluding hydrogens is 514 g/mol. The van der Waals surface area contributed by atoms with Gasteiger partial charge in [-0.05, 0) is 79.6 Å². The lowest BCUT2D eigenvalue weighted by atomic mass is 9.78. The van der Waals surface area contributed by atoms with Crippen molar-refractivity contribution in [1.82, 2.24) is 4.90 Å². The Morgan fingerprint density at radius 2 is 1.82 bits per heavy atom. The van der Waals surface area contributed by atoms with E-state index in [-0.39, 0.29) is 22.9 Å². The fraction of sp³-hybridized carbons (Fsp3) is 0.406. The summed E-state index contributed by atoms with van der Waals surface area (Å²) in [4.78, 5) is 13.6. The first-order valence-electron chi connectivity index (χ1n) is 13.6. The van der Waals surface area contributed by atoms with Crippen molar-refractivity contribution in [2.45, 2.75) is 39.7 Å². The van der Waals surface area contributed by atoms with Crippen LogP contribution in [-0.2, 0) is 11.3 Å². The molecule has 206 valence electrons. The first-order chi connectivity index (χ1) is 18.9. The van der Waals surface area contributed by atoms with Gasteiger partial charge >= 0.3 is 0 Å². The lowest BCUT2D eigenvalue weighted by Crippen LogP contribution is -2.54. The van der Waals surface area contributed by atoms with Crippen LogP contribution in [0.4, 0.5) is 0 Å². The first-order valence-corrected chi connectivity index (χ1v) is 14.0. The number of aromatic hydroxyl groups is 1. The Balaban J connectivity index is 1.22. The Bertz CT molecular complexity index is 1340. The molecule has 0 aliphatic carbocycles. The van der Waals surface area contributed by atoms with Crippen LogP contribution >= 0.6 is 11.6 Å². The summed E-state index contributed by atoms with van der Waals surface area (Å²) >= 11 is 6.25. The van der Waals surface area contributed by atoms with Gasteiger partial charge in [0.15, 0.2) is 6.29 Å². The number of phenolic OH excluding ortho intramolecular Hbond substituents is 1. The number of nitrogens with zero attached hydrogens (tertiary/aromatic N) is 1. The zero-order chi connectivity index (χ0) is 27.4. The summed E-state index contributed by atoms with van der Waals surface area (Å²) in [5.41, 5.74) is 6.00. The molecule has 0 amide bonds. The molecule has 2 saturated heterocycles. The number of hydrogen-bond acceptors (Lipinski definition) is 6. The van der Waals surface area contributed by atoms with Crippen molar-refractivity contribution in [3.05, 3.63) is 75.8 Å². The van der Waals surface area contributed by atoms with Gasteiger partial charge in [-0.15, -0.1) is 0 Å². The summed E-state index contributed by atoms with van der Waals surface area (Å²) in [5, 5.41) is 10.3. The van der Waals surface area contributed by atoms with E-state index in [0.29, 0.717) is 24.1 Å². The lowest BCUT2D eigenvalue weighted by Gasteiger charge is -2.48. The van der Waals surface area contributed by atoms with Gasteiger partial charge in [0.05, 0.1) is 30.4 Å². The number of halogens is 1. The maximum absolute atomic E-state index is 11.0. The largest absolute Gasteiger partial charge is 0.507 e. The zero-order valence-corrected chi connectivity index (χ0v) is 23.4. The molecule has 0 bridgehead atoms. The summed E-state index contributed by atoms with van der Waals surface area (Å²) in [6, 6.07) is 15.1. The monoisotopic (exact) mass is 549 g/mol. The minimum Gasteiger partial charge on any atom is -0.507 e. The number of piperidine rings is 1. The first kappa shape index (κ1) is 27.5. The van der Waals surface area contributed by atoms with Gasteiger partial charge in [-0.25, -0.2) is 0 Å². The number of ether oxygens (including phenoxy) is 3. The average Bonchev–Trinajstić information content (AvgIpc) is 2.92. The van der Waals surface area contributed by atoms with Gasteiger partial charge in [0.25, 0.3) is 0 Å². The quantitative estimate of drug-likeness (QED) is 0.227. The van der Waals surface area contributed by atoms with Gasteiger partial charge in [-0.1, -0.05) is 41.9 Å². The van der Waals surface area contributed by atoms with Crippen molar-refractivity contribution in [2.24, 2.45) is 5.41 Å². The SMILES string of the molecule is Cc1c(COc2cc(O)c(C=O)cc2Cl)cccc1-c1cccc(OCCCN2CCCC3(COC3)C2)c1C. The minimum atomic E-state index is -0.157. The highest BCUT2D eigenvalue weighted by atomic mass is 35.5. The number of hydrogen-bond donors (Lipinski definition) is 1. The topological polar surface area (TPSA) is 68.2 Å². The molecule has 2 aliphatic rings. The molecule has 1 N–H and O–H groups in total. The lowest BCUT2D eigenvalue weighted by molar-refractivity contribution is -0.144. The summed E-state index contributed by atoms with van der Waals surface area (Å²) < 4.78 is 17.7. The van der Waals surface area contributed by atoms with E-state index in [1.54, 1.807) is 0 Å². The summed E-state index contributed by atoms with van der Waals surface area (Å²) in [6.45, 7) is 10.4. The predicted octanol–water partition coefficient (Wildman–Crippen LogP) is 6.60. The van der Waals surface area contributed by atoms with E-state index in [2.05, 4.69) is 30.9 Å². The van der Waals surface area contributed by atoms with Crippen LogP contribution in [0.5, 0.6) is 17.2 Å². The van der Waals surface area contributed by atoms with Gasteiger partial charge in [0.2, 0.25) is 0 Å². The number of aldehydes is 1. The standard InChI is InChI=1S/C32H36ClNO5/c1-22-24(18-39-31-16-29(36)25(17-35)15-28(31)33)7-3-8-26(22)27-9-4-10-30(23(27)2)38-14-6-13-34-12-5-11-32(19-34)20-37-21-32/h3-4,7-10,15-17,36H,5-6,11-14,18-21H2,1-2H3. The predicted molar refractivity (Wildman–Crippen MR) is 153 cm³/mol. The summed E-state index contributed by atoms with van der Waals surface area (Å²) in [7, 11) is 0. The van der Waals surface area contributed by atoms with Crippen LogP contribution in [0.15, 0.2) is 48.5 Å². The van der Waals surface area contributed by atoms with E-state index in [9.17, 15) is 9.90 Å². The highest BCUT2D eigenvalue weighted by Crippen LogP contribution is 2.37. The van der Waals surface area contributed by atoms with Crippen molar-refractivity contribution < 1.29 is 24.1 Å². The third-order valence-corrected chi connectivity index (χ3v) is 8.34. The highest BCUT2D eigenvalue weighted by molar-refractivity contribution is 6.32. The van der Waals surface area contributed by atoms with Crippen LogP contribution in [-0.4, -0.2) is 55.7 Å². The average molecular weight is 550 g/mol. The van der Waals surface area contributed by atoms with Crippen molar-refractivity contribution >= 4 is 17.9 Å². The van der Waals surface area contributed by atoms with Crippen LogP contribution in [0.3, 0.4) is 0 Å². The highest BCUT2D eigenvalue weighted by Gasteiger charge is 2.41. The number of phenols is 1. The fourth-order valence-electron chi connectivity index (χ4n) is 5.71. The molecule has 0 unspecified atom stereocenters. The van der Waals surface area contributed by atoms with Crippen LogP contribution in [0.2, 0.25) is 5.02 Å². The smallest absolute Gasteiger partial charge is 0.153 e. The molecule has 0 aromatic heterocycles. The molecule has 7 heteroatoms. The van der Waals surface area contributed by atoms with Crippen LogP contribution in [0, 0.1) is 19.3 Å². The zero-order valence-electron chi connectivity index (χ0n) is 22.7. The molecular formula is C32H36ClNO5. The number of carbonyl (C=O) groups excluding carboxylic acids is 1. The summed E-state index contributed by atoms with van der Waals surface area (Å²) in [5.74, 6) is 1.08. The number of benzene rings is 3. The second kappa shape index (κ2) is 12.0. The molecule has 3 aromatic rings. The molecule has 3 aromatic carbocycles. The maximum Gasteiger partial charge on any atom is 0.153 e. The van der Waals surface area contributed by atoms with E-state index < -0.39 is 0 Å². The Morgan fingerprint density at radius 1 is 1.05 bits per heavy atom. The van der Waals surface area contributed by atoms with Crippen molar-refractivity contribution in [3.63, 3.8) is 0 Å².